The van der Waals surface area contributed by atoms with Crippen LogP contribution in [0.2, 0.25) is 0 Å². The quantitative estimate of drug-likeness (QED) is 0.116. The molecular weight excluding hydrogens is 839 g/mol. The first-order valence-corrected chi connectivity index (χ1v) is 24.3. The van der Waals surface area contributed by atoms with Gasteiger partial charge in [-0.1, -0.05) is 174 Å². The number of allylic oxidation sites excluding steroid dienone is 1. The molecule has 2 heterocycles. The average Bonchev–Trinajstić information content (AvgIpc) is 3.82. The molecule has 346 valence electrons. The van der Waals surface area contributed by atoms with Crippen LogP contribution >= 0.6 is 0 Å². The molecule has 0 bridgehead atoms. The lowest BCUT2D eigenvalue weighted by atomic mass is 9.85. The third kappa shape index (κ3) is 8.86. The second kappa shape index (κ2) is 17.3. The van der Waals surface area contributed by atoms with Crippen molar-refractivity contribution in [1.29, 1.82) is 5.26 Å². The maximum absolute atomic E-state index is 11.8. The summed E-state index contributed by atoms with van der Waals surface area (Å²) in [6.45, 7) is 31.3. The van der Waals surface area contributed by atoms with Crippen LogP contribution in [0, 0.1) is 11.3 Å². The van der Waals surface area contributed by atoms with E-state index in [-0.39, 0.29) is 21.7 Å². The van der Waals surface area contributed by atoms with Crippen molar-refractivity contribution < 1.29 is 0 Å². The molecule has 2 aromatic heterocycles. The zero-order valence-electron chi connectivity index (χ0n) is 42.6. The molecule has 0 spiro atoms. The SMILES string of the molecule is C=NC(=N/C(=C\Cc1ccccc1)c1ccccc1)c1cc(-n2c3ccc(C(C)(C)C)cc3c3cc(C(C)(C)C)ccc32)c(C#N)c(-n2c3ccc(C(C)(C)C)cc3c3cc(C(C)(C)C)ccc32)c1. The molecule has 0 radical (unpaired) electrons. The topological polar surface area (TPSA) is 58.4 Å². The second-order valence-corrected chi connectivity index (χ2v) is 22.8. The predicted octanol–water partition coefficient (Wildman–Crippen LogP) is 16.7. The van der Waals surface area contributed by atoms with Gasteiger partial charge in [-0.3, -0.25) is 0 Å². The molecule has 0 fully saturated rings. The van der Waals surface area contributed by atoms with Gasteiger partial charge in [0.1, 0.15) is 11.6 Å². The molecule has 5 heteroatoms. The van der Waals surface area contributed by atoms with E-state index in [0.29, 0.717) is 17.8 Å². The summed E-state index contributed by atoms with van der Waals surface area (Å²) in [6, 6.07) is 55.1. The van der Waals surface area contributed by atoms with Gasteiger partial charge in [-0.25, -0.2) is 9.98 Å². The fraction of sp³-hybridized carbons (Fsp3) is 0.266. The van der Waals surface area contributed by atoms with Crippen LogP contribution in [-0.4, -0.2) is 21.7 Å². The predicted molar refractivity (Wildman–Crippen MR) is 295 cm³/mol. The smallest absolute Gasteiger partial charge is 0.159 e. The fourth-order valence-corrected chi connectivity index (χ4v) is 9.61. The van der Waals surface area contributed by atoms with Crippen molar-refractivity contribution in [2.24, 2.45) is 9.98 Å². The molecular formula is C64H65N5. The Morgan fingerprint density at radius 3 is 1.19 bits per heavy atom. The van der Waals surface area contributed by atoms with Gasteiger partial charge in [-0.15, -0.1) is 0 Å². The number of amidine groups is 1. The minimum Gasteiger partial charge on any atom is -0.308 e. The molecule has 0 aliphatic carbocycles. The monoisotopic (exact) mass is 904 g/mol. The summed E-state index contributed by atoms with van der Waals surface area (Å²) in [5, 5.41) is 16.4. The minimum absolute atomic E-state index is 0.0725. The van der Waals surface area contributed by atoms with Crippen molar-refractivity contribution in [2.75, 3.05) is 0 Å². The first kappa shape index (κ1) is 46.8. The number of aliphatic imine (C=N–C) groups is 2. The molecule has 0 aliphatic heterocycles. The largest absolute Gasteiger partial charge is 0.308 e. The highest BCUT2D eigenvalue weighted by Gasteiger charge is 2.27. The van der Waals surface area contributed by atoms with Crippen molar-refractivity contribution in [3.63, 3.8) is 0 Å². The van der Waals surface area contributed by atoms with Gasteiger partial charge in [0.05, 0.1) is 39.1 Å². The lowest BCUT2D eigenvalue weighted by Crippen LogP contribution is -2.11. The van der Waals surface area contributed by atoms with Gasteiger partial charge in [0, 0.05) is 27.1 Å². The van der Waals surface area contributed by atoms with Gasteiger partial charge in [0.25, 0.3) is 0 Å². The van der Waals surface area contributed by atoms with E-state index in [1.165, 1.54) is 27.8 Å². The maximum atomic E-state index is 11.8. The summed E-state index contributed by atoms with van der Waals surface area (Å²) in [5.74, 6) is 0.460. The van der Waals surface area contributed by atoms with Crippen LogP contribution in [0.1, 0.15) is 128 Å². The summed E-state index contributed by atoms with van der Waals surface area (Å²) < 4.78 is 4.59. The van der Waals surface area contributed by atoms with Crippen LogP contribution in [0.15, 0.2) is 162 Å². The van der Waals surface area contributed by atoms with E-state index in [4.69, 9.17) is 9.98 Å². The Kier molecular flexibility index (Phi) is 11.8. The van der Waals surface area contributed by atoms with Crippen LogP contribution in [0.3, 0.4) is 0 Å². The minimum atomic E-state index is -0.0725. The number of hydrogen-bond acceptors (Lipinski definition) is 2. The molecule has 0 atom stereocenters. The Bertz CT molecular complexity index is 3250. The fourth-order valence-electron chi connectivity index (χ4n) is 9.61. The molecule has 9 aromatic rings. The van der Waals surface area contributed by atoms with E-state index >= 15 is 0 Å². The molecule has 0 unspecified atom stereocenters. The van der Waals surface area contributed by atoms with Gasteiger partial charge >= 0.3 is 0 Å². The summed E-state index contributed by atoms with van der Waals surface area (Å²) in [4.78, 5) is 10.1. The van der Waals surface area contributed by atoms with Crippen LogP contribution in [-0.2, 0) is 28.1 Å². The highest BCUT2D eigenvalue weighted by Crippen LogP contribution is 2.43. The van der Waals surface area contributed by atoms with Gasteiger partial charge in [-0.2, -0.15) is 5.26 Å². The summed E-state index contributed by atoms with van der Waals surface area (Å²) in [5.41, 5.74) is 14.5. The molecule has 0 aliphatic rings. The zero-order valence-corrected chi connectivity index (χ0v) is 42.6. The van der Waals surface area contributed by atoms with Crippen molar-refractivity contribution in [2.45, 2.75) is 111 Å². The van der Waals surface area contributed by atoms with Crippen molar-refractivity contribution in [3.8, 4) is 17.4 Å². The van der Waals surface area contributed by atoms with Gasteiger partial charge in [0.15, 0.2) is 5.84 Å². The van der Waals surface area contributed by atoms with E-state index in [1.54, 1.807) is 0 Å². The maximum Gasteiger partial charge on any atom is 0.159 e. The molecule has 0 amide bonds. The average molecular weight is 904 g/mol. The molecule has 69 heavy (non-hydrogen) atoms. The van der Waals surface area contributed by atoms with Gasteiger partial charge in [0.2, 0.25) is 0 Å². The standard InChI is InChI=1S/C64H65N5/c1-61(2,3)44-25-30-54-48(36-44)49-37-45(62(4,5)6)26-31-55(49)68(54)58-34-43(60(66-13)67-53(42-22-18-15-19-23-42)29-24-41-20-16-14-17-21-41)35-59(52(58)40-65)69-56-32-27-46(63(7,8)9)38-50(56)51-39-47(64(10,11)12)28-33-57(51)69/h14-23,25-39H,13,24H2,1-12H3/b53-29-,67-60?. The third-order valence-corrected chi connectivity index (χ3v) is 13.8. The molecule has 0 N–H and O–H groups in total. The molecule has 9 rings (SSSR count). The molecule has 0 saturated carbocycles. The molecule has 0 saturated heterocycles. The lowest BCUT2D eigenvalue weighted by molar-refractivity contribution is 0.590. The summed E-state index contributed by atoms with van der Waals surface area (Å²) in [7, 11) is 0. The van der Waals surface area contributed by atoms with Crippen LogP contribution < -0.4 is 0 Å². The van der Waals surface area contributed by atoms with E-state index in [1.807, 2.05) is 24.3 Å². The Morgan fingerprint density at radius 2 is 0.855 bits per heavy atom. The summed E-state index contributed by atoms with van der Waals surface area (Å²) >= 11 is 0. The highest BCUT2D eigenvalue weighted by atomic mass is 15.0. The van der Waals surface area contributed by atoms with Crippen LogP contribution in [0.25, 0.3) is 60.7 Å². The number of fused-ring (bicyclic) bond motifs is 6. The summed E-state index contributed by atoms with van der Waals surface area (Å²) in [6.07, 6.45) is 2.85. The zero-order chi connectivity index (χ0) is 49.2. The van der Waals surface area contributed by atoms with E-state index < -0.39 is 0 Å². The number of nitriles is 1. The lowest BCUT2D eigenvalue weighted by Gasteiger charge is -2.21. The van der Waals surface area contributed by atoms with E-state index in [2.05, 4.69) is 232 Å². The van der Waals surface area contributed by atoms with Crippen molar-refractivity contribution in [1.82, 2.24) is 9.13 Å². The Morgan fingerprint density at radius 1 is 0.493 bits per heavy atom. The Labute approximate surface area is 409 Å². The molecule has 5 nitrogen and oxygen atoms in total. The molecule has 7 aromatic carbocycles. The Balaban J connectivity index is 1.43. The third-order valence-electron chi connectivity index (χ3n) is 13.8. The first-order chi connectivity index (χ1) is 32.6. The normalized spacial score (nSPS) is 13.2. The van der Waals surface area contributed by atoms with Crippen molar-refractivity contribution >= 4 is 61.9 Å². The number of rotatable bonds is 7. The van der Waals surface area contributed by atoms with E-state index in [9.17, 15) is 5.26 Å². The Hall–Kier alpha value is -7.29. The van der Waals surface area contributed by atoms with Gasteiger partial charge in [-0.05, 0) is 129 Å². The highest BCUT2D eigenvalue weighted by molar-refractivity contribution is 6.13. The van der Waals surface area contributed by atoms with Crippen LogP contribution in [0.4, 0.5) is 0 Å². The number of hydrogen-bond donors (Lipinski definition) is 0. The number of benzene rings is 7. The van der Waals surface area contributed by atoms with E-state index in [0.717, 1.165) is 71.8 Å². The van der Waals surface area contributed by atoms with Crippen LogP contribution in [0.5, 0.6) is 0 Å². The number of nitrogens with zero attached hydrogens (tertiary/aromatic N) is 5. The number of aromatic nitrogens is 2. The van der Waals surface area contributed by atoms with Gasteiger partial charge < -0.3 is 9.13 Å². The first-order valence-electron chi connectivity index (χ1n) is 24.3. The second-order valence-electron chi connectivity index (χ2n) is 22.8. The van der Waals surface area contributed by atoms with Crippen molar-refractivity contribution in [3.05, 3.63) is 196 Å².